The molecule has 0 amide bonds. The molecule has 0 unspecified atom stereocenters. The van der Waals surface area contributed by atoms with E-state index in [1.54, 1.807) is 24.3 Å². The Hall–Kier alpha value is -3.67. The Labute approximate surface area is 203 Å². The summed E-state index contributed by atoms with van der Waals surface area (Å²) < 4.78 is 101. The normalized spacial score (nSPS) is 13.0. The van der Waals surface area contributed by atoms with Crippen LogP contribution in [0.15, 0.2) is 69.3 Å². The number of nitrogens with one attached hydrogen (secondary N) is 2. The molecule has 5 N–H and O–H groups in total. The first-order valence-corrected chi connectivity index (χ1v) is 14.1. The van der Waals surface area contributed by atoms with Crippen LogP contribution in [0.1, 0.15) is 0 Å². The molecule has 5 rings (SSSR count). The third-order valence-electron chi connectivity index (χ3n) is 5.27. The number of aromatic amines is 2. The molecular formula is C20H14N4O9S3. The molecule has 2 heterocycles. The van der Waals surface area contributed by atoms with Crippen LogP contribution in [0.5, 0.6) is 0 Å². The fraction of sp³-hybridized carbons (Fsp3) is 0. The van der Waals surface area contributed by atoms with Gasteiger partial charge in [0, 0.05) is 5.56 Å². The molecule has 0 radical (unpaired) electrons. The summed E-state index contributed by atoms with van der Waals surface area (Å²) in [5.41, 5.74) is 0.338. The van der Waals surface area contributed by atoms with Gasteiger partial charge in [0.15, 0.2) is 0 Å². The number of aromatic nitrogens is 4. The van der Waals surface area contributed by atoms with E-state index in [-0.39, 0.29) is 28.2 Å². The summed E-state index contributed by atoms with van der Waals surface area (Å²) in [4.78, 5) is 11.6. The van der Waals surface area contributed by atoms with E-state index in [0.29, 0.717) is 11.0 Å². The van der Waals surface area contributed by atoms with Gasteiger partial charge in [0.2, 0.25) is 0 Å². The van der Waals surface area contributed by atoms with Crippen molar-refractivity contribution >= 4 is 52.4 Å². The fourth-order valence-electron chi connectivity index (χ4n) is 3.72. The molecule has 2 aromatic heterocycles. The number of para-hydroxylation sites is 2. The summed E-state index contributed by atoms with van der Waals surface area (Å²) in [6.45, 7) is 0. The Bertz CT molecular complexity index is 1940. The van der Waals surface area contributed by atoms with Crippen LogP contribution in [0.3, 0.4) is 0 Å². The summed E-state index contributed by atoms with van der Waals surface area (Å²) in [7, 11) is -14.7. The standard InChI is InChI=1S/C20H14N4O9S3/c25-34(26,27)11-5-6-14-15(9-11)24-19(21-14)10-7-16(35(28,29)30)18(17(8-10)36(31,32)33)20-22-12-3-1-2-4-13(12)23-20/h1-9H,(H,21,24)(H,22,23)(H,25,26,27)(H,28,29,30)(H,31,32,33). The van der Waals surface area contributed by atoms with E-state index in [1.807, 2.05) is 0 Å². The van der Waals surface area contributed by atoms with Crippen LogP contribution in [0, 0.1) is 0 Å². The van der Waals surface area contributed by atoms with Crippen LogP contribution < -0.4 is 0 Å². The Morgan fingerprint density at radius 2 is 1.17 bits per heavy atom. The van der Waals surface area contributed by atoms with E-state index in [0.717, 1.165) is 24.3 Å². The topological polar surface area (TPSA) is 220 Å². The summed E-state index contributed by atoms with van der Waals surface area (Å²) in [6, 6.07) is 11.8. The van der Waals surface area contributed by atoms with E-state index in [2.05, 4.69) is 19.9 Å². The highest BCUT2D eigenvalue weighted by molar-refractivity contribution is 7.87. The molecule has 16 heteroatoms. The molecule has 36 heavy (non-hydrogen) atoms. The van der Waals surface area contributed by atoms with Crippen LogP contribution >= 0.6 is 0 Å². The van der Waals surface area contributed by atoms with Crippen LogP contribution in [-0.4, -0.2) is 58.8 Å². The molecule has 0 atom stereocenters. The lowest BCUT2D eigenvalue weighted by atomic mass is 10.1. The molecule has 3 aromatic carbocycles. The van der Waals surface area contributed by atoms with Crippen molar-refractivity contribution in [1.29, 1.82) is 0 Å². The van der Waals surface area contributed by atoms with Gasteiger partial charge in [0.25, 0.3) is 30.4 Å². The van der Waals surface area contributed by atoms with E-state index in [1.165, 1.54) is 6.07 Å². The summed E-state index contributed by atoms with van der Waals surface area (Å²) in [6.07, 6.45) is 0. The van der Waals surface area contributed by atoms with Crippen molar-refractivity contribution < 1.29 is 38.9 Å². The maximum absolute atomic E-state index is 12.3. The summed E-state index contributed by atoms with van der Waals surface area (Å²) in [5.74, 6) is -0.367. The van der Waals surface area contributed by atoms with E-state index in [9.17, 15) is 38.9 Å². The predicted molar refractivity (Wildman–Crippen MR) is 126 cm³/mol. The second-order valence-corrected chi connectivity index (χ2v) is 11.8. The first-order valence-electron chi connectivity index (χ1n) is 9.77. The molecule has 5 aromatic rings. The third-order valence-corrected chi connectivity index (χ3v) is 7.88. The van der Waals surface area contributed by atoms with Gasteiger partial charge in [-0.1, -0.05) is 12.1 Å². The highest BCUT2D eigenvalue weighted by atomic mass is 32.2. The zero-order valence-corrected chi connectivity index (χ0v) is 20.1. The Morgan fingerprint density at radius 3 is 1.75 bits per heavy atom. The highest BCUT2D eigenvalue weighted by Gasteiger charge is 2.30. The SMILES string of the molecule is O=S(=O)(O)c1ccc2nc(-c3cc(S(=O)(=O)O)c(-c4nc5ccccc5[nH]4)c(S(=O)(=O)O)c3)[nH]c2c1. The maximum Gasteiger partial charge on any atom is 0.295 e. The number of hydrogen-bond acceptors (Lipinski definition) is 8. The average Bonchev–Trinajstić information content (AvgIpc) is 3.40. The van der Waals surface area contributed by atoms with Crippen molar-refractivity contribution in [2.24, 2.45) is 0 Å². The Balaban J connectivity index is 1.82. The molecule has 0 aliphatic heterocycles. The smallest absolute Gasteiger partial charge is 0.295 e. The lowest BCUT2D eigenvalue weighted by molar-refractivity contribution is 0.479. The van der Waals surface area contributed by atoms with Gasteiger partial charge in [0.1, 0.15) is 21.4 Å². The van der Waals surface area contributed by atoms with Crippen LogP contribution in [0.25, 0.3) is 44.8 Å². The quantitative estimate of drug-likeness (QED) is 0.200. The molecule has 0 spiro atoms. The zero-order valence-electron chi connectivity index (χ0n) is 17.6. The first-order chi connectivity index (χ1) is 16.7. The zero-order chi connectivity index (χ0) is 26.0. The van der Waals surface area contributed by atoms with E-state index in [4.69, 9.17) is 0 Å². The predicted octanol–water partition coefficient (Wildman–Crippen LogP) is 2.51. The van der Waals surface area contributed by atoms with Crippen molar-refractivity contribution in [3.8, 4) is 22.8 Å². The van der Waals surface area contributed by atoms with E-state index < -0.39 is 50.6 Å². The van der Waals surface area contributed by atoms with Crippen molar-refractivity contribution in [2.45, 2.75) is 14.7 Å². The van der Waals surface area contributed by atoms with Crippen LogP contribution in [0.2, 0.25) is 0 Å². The van der Waals surface area contributed by atoms with Gasteiger partial charge >= 0.3 is 0 Å². The highest BCUT2D eigenvalue weighted by Crippen LogP contribution is 2.37. The molecule has 0 bridgehead atoms. The van der Waals surface area contributed by atoms with Crippen LogP contribution in [0.4, 0.5) is 0 Å². The van der Waals surface area contributed by atoms with E-state index >= 15 is 0 Å². The summed E-state index contributed by atoms with van der Waals surface area (Å²) >= 11 is 0. The lowest BCUT2D eigenvalue weighted by Crippen LogP contribution is -2.09. The Kier molecular flexibility index (Phi) is 5.29. The van der Waals surface area contributed by atoms with Crippen molar-refractivity contribution in [1.82, 2.24) is 19.9 Å². The molecule has 0 saturated heterocycles. The molecule has 0 fully saturated rings. The average molecular weight is 551 g/mol. The first kappa shape index (κ1) is 24.0. The molecular weight excluding hydrogens is 536 g/mol. The van der Waals surface area contributed by atoms with Gasteiger partial charge in [-0.2, -0.15) is 25.3 Å². The third kappa shape index (κ3) is 4.25. The van der Waals surface area contributed by atoms with Gasteiger partial charge in [-0.05, 0) is 42.5 Å². The second kappa shape index (κ2) is 7.92. The number of fused-ring (bicyclic) bond motifs is 2. The number of nitrogens with zero attached hydrogens (tertiary/aromatic N) is 2. The number of imidazole rings is 2. The largest absolute Gasteiger partial charge is 0.338 e. The maximum atomic E-state index is 12.3. The minimum Gasteiger partial charge on any atom is -0.338 e. The second-order valence-electron chi connectivity index (χ2n) is 7.64. The minimum absolute atomic E-state index is 0.114. The Morgan fingerprint density at radius 1 is 0.611 bits per heavy atom. The van der Waals surface area contributed by atoms with Gasteiger partial charge in [-0.15, -0.1) is 0 Å². The lowest BCUT2D eigenvalue weighted by Gasteiger charge is -2.12. The molecule has 13 nitrogen and oxygen atoms in total. The number of hydrogen-bond donors (Lipinski definition) is 5. The van der Waals surface area contributed by atoms with Crippen molar-refractivity contribution in [3.05, 3.63) is 54.6 Å². The van der Waals surface area contributed by atoms with Gasteiger partial charge in [0.05, 0.1) is 32.5 Å². The van der Waals surface area contributed by atoms with Gasteiger partial charge in [-0.25, -0.2) is 9.97 Å². The molecule has 0 saturated carbocycles. The number of H-pyrrole nitrogens is 2. The number of rotatable bonds is 5. The summed E-state index contributed by atoms with van der Waals surface area (Å²) in [5, 5.41) is 0. The molecule has 186 valence electrons. The van der Waals surface area contributed by atoms with Gasteiger partial charge < -0.3 is 9.97 Å². The fourth-order valence-corrected chi connectivity index (χ4v) is 5.78. The number of benzene rings is 3. The van der Waals surface area contributed by atoms with Crippen LogP contribution in [-0.2, 0) is 30.4 Å². The minimum atomic E-state index is -5.08. The van der Waals surface area contributed by atoms with Crippen molar-refractivity contribution in [3.63, 3.8) is 0 Å². The molecule has 0 aliphatic carbocycles. The van der Waals surface area contributed by atoms with Crippen molar-refractivity contribution in [2.75, 3.05) is 0 Å². The molecule has 0 aliphatic rings. The monoisotopic (exact) mass is 550 g/mol. The van der Waals surface area contributed by atoms with Gasteiger partial charge in [-0.3, -0.25) is 13.7 Å².